The summed E-state index contributed by atoms with van der Waals surface area (Å²) in [6.45, 7) is 23.1. The molecule has 0 N–H and O–H groups in total. The lowest BCUT2D eigenvalue weighted by Crippen LogP contribution is -2.29. The van der Waals surface area contributed by atoms with Crippen LogP contribution < -0.4 is 5.62 Å². The summed E-state index contributed by atoms with van der Waals surface area (Å²) in [6.07, 6.45) is 3.96. The number of rotatable bonds is 8. The highest BCUT2D eigenvalue weighted by molar-refractivity contribution is 6.07. The van der Waals surface area contributed by atoms with Gasteiger partial charge in [0.05, 0.1) is 39.6 Å². The number of aromatic nitrogens is 4. The first kappa shape index (κ1) is 33.6. The molecule has 0 aliphatic heterocycles. The third kappa shape index (κ3) is 5.48. The highest BCUT2D eigenvalue weighted by Gasteiger charge is 2.27. The summed E-state index contributed by atoms with van der Waals surface area (Å²) in [6, 6.07) is 31.1. The largest absolute Gasteiger partial charge is 0.276 e. The van der Waals surface area contributed by atoms with Crippen LogP contribution in [-0.4, -0.2) is 18.8 Å². The lowest BCUT2D eigenvalue weighted by molar-refractivity contribution is 0.735. The van der Waals surface area contributed by atoms with E-state index in [1.54, 1.807) is 0 Å². The van der Waals surface area contributed by atoms with E-state index >= 15 is 0 Å². The molecule has 0 saturated carbocycles. The fourth-order valence-electron chi connectivity index (χ4n) is 7.63. The van der Waals surface area contributed by atoms with Crippen LogP contribution >= 0.6 is 0 Å². The molecule has 0 unspecified atom stereocenters. The molecule has 0 atom stereocenters. The zero-order valence-corrected chi connectivity index (χ0v) is 31.4. The van der Waals surface area contributed by atoms with Crippen molar-refractivity contribution in [1.29, 1.82) is 0 Å². The molecule has 5 heteroatoms. The van der Waals surface area contributed by atoms with E-state index in [4.69, 9.17) is 10.1 Å². The van der Waals surface area contributed by atoms with Gasteiger partial charge in [-0.1, -0.05) is 136 Å². The predicted molar refractivity (Wildman–Crippen MR) is 211 cm³/mol. The highest BCUT2D eigenvalue weighted by Crippen LogP contribution is 2.38. The zero-order valence-electron chi connectivity index (χ0n) is 31.4. The number of hydrogen-bond donors (Lipinski definition) is 0. The topological polar surface area (TPSA) is 40.0 Å². The molecule has 50 heavy (non-hydrogen) atoms. The molecule has 0 aliphatic carbocycles. The van der Waals surface area contributed by atoms with Crippen molar-refractivity contribution in [3.63, 3.8) is 0 Å². The molecular formula is C45H51N5. The van der Waals surface area contributed by atoms with Gasteiger partial charge >= 0.3 is 0 Å². The second kappa shape index (κ2) is 13.1. The Morgan fingerprint density at radius 1 is 0.480 bits per heavy atom. The van der Waals surface area contributed by atoms with Gasteiger partial charge in [-0.05, 0) is 75.6 Å². The van der Waals surface area contributed by atoms with Crippen LogP contribution in [0, 0.1) is 0 Å². The second-order valence-corrected chi connectivity index (χ2v) is 15.4. The van der Waals surface area contributed by atoms with Crippen molar-refractivity contribution in [3.8, 4) is 11.4 Å². The molecule has 3 heterocycles. The van der Waals surface area contributed by atoms with Gasteiger partial charge in [-0.3, -0.25) is 14.1 Å². The third-order valence-corrected chi connectivity index (χ3v) is 10.3. The van der Waals surface area contributed by atoms with Crippen LogP contribution in [0.15, 0.2) is 102 Å². The Kier molecular flexibility index (Phi) is 8.80. The summed E-state index contributed by atoms with van der Waals surface area (Å²) in [7, 11) is 0. The van der Waals surface area contributed by atoms with Crippen molar-refractivity contribution in [1.82, 2.24) is 18.8 Å². The standard InChI is InChI=1S/C45H51N5/c1-27(2)32-24-37(30(7)8)44(38(25-32)31(9)10)48-41-22-23-46-26-42(41)49(43-33(28(3)4)18-15-19-34(43)29(5)6)45(48)47-50-39-20-13-11-16-35(39)36-17-12-14-21-40(36)50/h11-31H,1-10H3. The van der Waals surface area contributed by atoms with Crippen LogP contribution in [0.2, 0.25) is 0 Å². The molecule has 5 nitrogen and oxygen atoms in total. The minimum atomic E-state index is 0.296. The average Bonchev–Trinajstić information content (AvgIpc) is 3.59. The Hall–Kier alpha value is -4.90. The van der Waals surface area contributed by atoms with Crippen LogP contribution in [0.5, 0.6) is 0 Å². The normalized spacial score (nSPS) is 12.8. The van der Waals surface area contributed by atoms with Crippen LogP contribution in [-0.2, 0) is 0 Å². The van der Waals surface area contributed by atoms with Gasteiger partial charge in [0.15, 0.2) is 0 Å². The number of nitrogens with zero attached hydrogens (tertiary/aromatic N) is 5. The summed E-state index contributed by atoms with van der Waals surface area (Å²) < 4.78 is 7.04. The van der Waals surface area contributed by atoms with Gasteiger partial charge in [0.25, 0.3) is 0 Å². The van der Waals surface area contributed by atoms with Gasteiger partial charge in [-0.25, -0.2) is 4.68 Å². The summed E-state index contributed by atoms with van der Waals surface area (Å²) in [4.78, 5) is 4.76. The van der Waals surface area contributed by atoms with Crippen molar-refractivity contribution in [2.45, 2.75) is 98.8 Å². The first-order valence-electron chi connectivity index (χ1n) is 18.4. The lowest BCUT2D eigenvalue weighted by Gasteiger charge is -2.24. The molecule has 7 aromatic rings. The molecule has 0 aliphatic rings. The molecular weight excluding hydrogens is 611 g/mol. The number of imidazole rings is 1. The van der Waals surface area contributed by atoms with Crippen molar-refractivity contribution in [2.24, 2.45) is 5.10 Å². The van der Waals surface area contributed by atoms with Gasteiger partial charge in [-0.15, -0.1) is 5.10 Å². The molecule has 0 amide bonds. The molecule has 0 radical (unpaired) electrons. The van der Waals surface area contributed by atoms with E-state index < -0.39 is 0 Å². The minimum Gasteiger partial charge on any atom is -0.276 e. The van der Waals surface area contributed by atoms with E-state index in [0.29, 0.717) is 29.6 Å². The Bertz CT molecular complexity index is 2320. The molecule has 4 aromatic carbocycles. The van der Waals surface area contributed by atoms with E-state index in [2.05, 4.69) is 168 Å². The Labute approximate surface area is 296 Å². The fourth-order valence-corrected chi connectivity index (χ4v) is 7.63. The summed E-state index contributed by atoms with van der Waals surface area (Å²) >= 11 is 0. The monoisotopic (exact) mass is 661 g/mol. The smallest absolute Gasteiger partial charge is 0.238 e. The summed E-state index contributed by atoms with van der Waals surface area (Å²) in [5, 5.41) is 8.21. The molecule has 0 bridgehead atoms. The molecule has 0 saturated heterocycles. The molecule has 7 rings (SSSR count). The van der Waals surface area contributed by atoms with E-state index in [9.17, 15) is 0 Å². The third-order valence-electron chi connectivity index (χ3n) is 10.3. The van der Waals surface area contributed by atoms with Gasteiger partial charge in [-0.2, -0.15) is 0 Å². The van der Waals surface area contributed by atoms with E-state index in [1.807, 2.05) is 12.4 Å². The lowest BCUT2D eigenvalue weighted by atomic mass is 9.87. The van der Waals surface area contributed by atoms with Crippen molar-refractivity contribution in [3.05, 3.63) is 131 Å². The highest BCUT2D eigenvalue weighted by atomic mass is 15.4. The first-order valence-corrected chi connectivity index (χ1v) is 18.4. The maximum Gasteiger partial charge on any atom is 0.238 e. The zero-order chi connectivity index (χ0) is 35.4. The maximum atomic E-state index is 5.82. The molecule has 256 valence electrons. The minimum absolute atomic E-state index is 0.296. The van der Waals surface area contributed by atoms with E-state index in [0.717, 1.165) is 27.7 Å². The SMILES string of the molecule is CC(C)c1cc(C(C)C)c(-n2c(=Nn3c4ccccc4c4ccccc43)n(-c3c(C(C)C)cccc3C(C)C)c3cnccc32)c(C(C)C)c1. The van der Waals surface area contributed by atoms with Crippen molar-refractivity contribution in [2.75, 3.05) is 0 Å². The Morgan fingerprint density at radius 3 is 1.46 bits per heavy atom. The second-order valence-electron chi connectivity index (χ2n) is 15.4. The number of para-hydroxylation sites is 3. The fraction of sp³-hybridized carbons (Fsp3) is 0.333. The van der Waals surface area contributed by atoms with E-state index in [1.165, 1.54) is 50.0 Å². The molecule has 0 spiro atoms. The van der Waals surface area contributed by atoms with Crippen LogP contribution in [0.1, 0.15) is 127 Å². The van der Waals surface area contributed by atoms with Gasteiger partial charge < -0.3 is 0 Å². The van der Waals surface area contributed by atoms with Gasteiger partial charge in [0.2, 0.25) is 5.62 Å². The maximum absolute atomic E-state index is 5.82. The number of hydrogen-bond acceptors (Lipinski definition) is 2. The number of fused-ring (bicyclic) bond motifs is 4. The van der Waals surface area contributed by atoms with E-state index in [-0.39, 0.29) is 0 Å². The quantitative estimate of drug-likeness (QED) is 0.160. The van der Waals surface area contributed by atoms with Crippen LogP contribution in [0.3, 0.4) is 0 Å². The first-order chi connectivity index (χ1) is 24.0. The van der Waals surface area contributed by atoms with Crippen molar-refractivity contribution < 1.29 is 0 Å². The average molecular weight is 662 g/mol. The predicted octanol–water partition coefficient (Wildman–Crippen LogP) is 11.9. The molecule has 3 aromatic heterocycles. The number of benzene rings is 4. The van der Waals surface area contributed by atoms with Crippen LogP contribution in [0.25, 0.3) is 44.2 Å². The summed E-state index contributed by atoms with van der Waals surface area (Å²) in [5.41, 5.74) is 14.2. The van der Waals surface area contributed by atoms with Gasteiger partial charge in [0, 0.05) is 17.0 Å². The van der Waals surface area contributed by atoms with Gasteiger partial charge in [0.1, 0.15) is 0 Å². The van der Waals surface area contributed by atoms with Crippen LogP contribution in [0.4, 0.5) is 0 Å². The molecule has 0 fully saturated rings. The van der Waals surface area contributed by atoms with Crippen molar-refractivity contribution >= 4 is 32.8 Å². The number of pyridine rings is 1. The Morgan fingerprint density at radius 2 is 0.960 bits per heavy atom. The summed E-state index contributed by atoms with van der Waals surface area (Å²) in [5.74, 6) is 1.61. The Balaban J connectivity index is 1.79.